The third-order valence-electron chi connectivity index (χ3n) is 4.72. The van der Waals surface area contributed by atoms with E-state index in [1.165, 1.54) is 5.69 Å². The second kappa shape index (κ2) is 7.18. The van der Waals surface area contributed by atoms with Crippen LogP contribution in [0.1, 0.15) is 30.4 Å². The van der Waals surface area contributed by atoms with E-state index < -0.39 is 0 Å². The van der Waals surface area contributed by atoms with Crippen LogP contribution in [-0.2, 0) is 9.53 Å². The van der Waals surface area contributed by atoms with Gasteiger partial charge >= 0.3 is 0 Å². The molecule has 1 aromatic rings. The van der Waals surface area contributed by atoms with Crippen molar-refractivity contribution < 1.29 is 9.53 Å². The number of benzene rings is 1. The molecule has 1 fully saturated rings. The minimum atomic E-state index is 0.117. The number of hydrogen-bond acceptors (Lipinski definition) is 3. The lowest BCUT2D eigenvalue weighted by molar-refractivity contribution is -0.116. The van der Waals surface area contributed by atoms with Gasteiger partial charge in [-0.2, -0.15) is 0 Å². The van der Waals surface area contributed by atoms with E-state index in [2.05, 4.69) is 48.3 Å². The molecule has 1 saturated heterocycles. The number of amides is 1. The van der Waals surface area contributed by atoms with Gasteiger partial charge in [-0.25, -0.2) is 0 Å². The normalized spacial score (nSPS) is 20.8. The minimum Gasteiger partial charge on any atom is -0.378 e. The highest BCUT2D eigenvalue weighted by Gasteiger charge is 2.17. The van der Waals surface area contributed by atoms with Gasteiger partial charge in [0.25, 0.3) is 0 Å². The number of morpholine rings is 1. The van der Waals surface area contributed by atoms with Gasteiger partial charge in [0, 0.05) is 30.9 Å². The van der Waals surface area contributed by atoms with Gasteiger partial charge in [-0.15, -0.1) is 0 Å². The van der Waals surface area contributed by atoms with Gasteiger partial charge in [0.15, 0.2) is 0 Å². The van der Waals surface area contributed by atoms with Gasteiger partial charge in [-0.05, 0) is 55.9 Å². The number of rotatable bonds is 4. The zero-order valence-electron chi connectivity index (χ0n) is 14.1. The van der Waals surface area contributed by atoms with E-state index >= 15 is 0 Å². The van der Waals surface area contributed by atoms with Crippen LogP contribution >= 0.6 is 0 Å². The molecular formula is C19H26N2O2. The van der Waals surface area contributed by atoms with Crippen molar-refractivity contribution in [3.63, 3.8) is 0 Å². The summed E-state index contributed by atoms with van der Waals surface area (Å²) in [7, 11) is 0. The van der Waals surface area contributed by atoms with Gasteiger partial charge in [-0.3, -0.25) is 4.79 Å². The smallest absolute Gasteiger partial charge is 0.224 e. The Morgan fingerprint density at radius 3 is 2.57 bits per heavy atom. The fourth-order valence-corrected chi connectivity index (χ4v) is 3.44. The lowest BCUT2D eigenvalue weighted by Crippen LogP contribution is -2.36. The highest BCUT2D eigenvalue weighted by atomic mass is 16.5. The predicted octanol–water partition coefficient (Wildman–Crippen LogP) is 3.43. The Morgan fingerprint density at radius 2 is 1.96 bits per heavy atom. The third-order valence-corrected chi connectivity index (χ3v) is 4.72. The lowest BCUT2D eigenvalue weighted by Gasteiger charge is -2.30. The molecule has 1 aliphatic carbocycles. The molecule has 1 aliphatic heterocycles. The quantitative estimate of drug-likeness (QED) is 0.866. The first-order chi connectivity index (χ1) is 11.1. The first kappa shape index (κ1) is 16.1. The highest BCUT2D eigenvalue weighted by molar-refractivity contribution is 5.93. The van der Waals surface area contributed by atoms with Crippen molar-refractivity contribution >= 4 is 17.3 Å². The number of ether oxygens (including phenoxy) is 1. The van der Waals surface area contributed by atoms with Crippen molar-refractivity contribution in [3.05, 3.63) is 35.4 Å². The number of nitrogens with one attached hydrogen (secondary N) is 1. The van der Waals surface area contributed by atoms with Gasteiger partial charge in [0.1, 0.15) is 0 Å². The maximum atomic E-state index is 12.3. The molecule has 0 bridgehead atoms. The molecule has 1 amide bonds. The summed E-state index contributed by atoms with van der Waals surface area (Å²) >= 11 is 0. The van der Waals surface area contributed by atoms with Gasteiger partial charge in [0.05, 0.1) is 13.2 Å². The van der Waals surface area contributed by atoms with Crippen LogP contribution in [0.4, 0.5) is 11.4 Å². The van der Waals surface area contributed by atoms with Gasteiger partial charge in [-0.1, -0.05) is 12.2 Å². The number of anilines is 2. The summed E-state index contributed by atoms with van der Waals surface area (Å²) in [6, 6.07) is 4.34. The van der Waals surface area contributed by atoms with Crippen LogP contribution in [0.15, 0.2) is 24.3 Å². The number of aryl methyl sites for hydroxylation is 2. The average molecular weight is 314 g/mol. The molecule has 0 aromatic heterocycles. The van der Waals surface area contributed by atoms with Crippen molar-refractivity contribution in [2.24, 2.45) is 5.92 Å². The first-order valence-corrected chi connectivity index (χ1v) is 8.54. The Balaban J connectivity index is 1.69. The number of nitrogens with zero attached hydrogens (tertiary/aromatic N) is 1. The minimum absolute atomic E-state index is 0.117. The number of carbonyl (C=O) groups is 1. The van der Waals surface area contributed by atoms with E-state index in [1.807, 2.05) is 0 Å². The molecule has 1 unspecified atom stereocenters. The molecule has 1 N–H and O–H groups in total. The van der Waals surface area contributed by atoms with Crippen LogP contribution in [0, 0.1) is 19.8 Å². The van der Waals surface area contributed by atoms with E-state index in [1.54, 1.807) is 0 Å². The van der Waals surface area contributed by atoms with Crippen LogP contribution in [-0.4, -0.2) is 32.2 Å². The van der Waals surface area contributed by atoms with E-state index in [0.29, 0.717) is 12.3 Å². The molecule has 0 spiro atoms. The molecule has 0 radical (unpaired) electrons. The second-order valence-electron chi connectivity index (χ2n) is 6.57. The summed E-state index contributed by atoms with van der Waals surface area (Å²) < 4.78 is 5.42. The summed E-state index contributed by atoms with van der Waals surface area (Å²) in [6.45, 7) is 7.57. The Kier molecular flexibility index (Phi) is 5.01. The van der Waals surface area contributed by atoms with Gasteiger partial charge in [0.2, 0.25) is 5.91 Å². The Labute approximate surface area is 138 Å². The molecular weight excluding hydrogens is 288 g/mol. The van der Waals surface area contributed by atoms with Crippen LogP contribution in [0.2, 0.25) is 0 Å². The number of hydrogen-bond donors (Lipinski definition) is 1. The summed E-state index contributed by atoms with van der Waals surface area (Å²) in [5.74, 6) is 0.523. The van der Waals surface area contributed by atoms with Crippen molar-refractivity contribution in [1.29, 1.82) is 0 Å². The lowest BCUT2D eigenvalue weighted by atomic mass is 10.0. The Morgan fingerprint density at radius 1 is 1.26 bits per heavy atom. The molecule has 2 aliphatic rings. The standard InChI is InChI=1S/C19H26N2O2/c1-14-11-17(21-7-9-23-10-8-21)12-15(2)19(14)20-18(22)13-16-5-3-4-6-16/h3,5,11-12,16H,4,6-10,13H2,1-2H3,(H,20,22). The van der Waals surface area contributed by atoms with E-state index in [0.717, 1.165) is 56.0 Å². The van der Waals surface area contributed by atoms with Crippen LogP contribution in [0.3, 0.4) is 0 Å². The Hall–Kier alpha value is -1.81. The van der Waals surface area contributed by atoms with Crippen LogP contribution in [0.5, 0.6) is 0 Å². The predicted molar refractivity (Wildman–Crippen MR) is 94.1 cm³/mol. The zero-order valence-corrected chi connectivity index (χ0v) is 14.1. The topological polar surface area (TPSA) is 41.6 Å². The number of allylic oxidation sites excluding steroid dienone is 2. The van der Waals surface area contributed by atoms with Crippen molar-refractivity contribution in [3.8, 4) is 0 Å². The molecule has 1 heterocycles. The molecule has 0 saturated carbocycles. The highest BCUT2D eigenvalue weighted by Crippen LogP contribution is 2.28. The maximum absolute atomic E-state index is 12.3. The van der Waals surface area contributed by atoms with Crippen LogP contribution < -0.4 is 10.2 Å². The van der Waals surface area contributed by atoms with E-state index in [4.69, 9.17) is 4.74 Å². The average Bonchev–Trinajstić information content (AvgIpc) is 3.04. The second-order valence-corrected chi connectivity index (χ2v) is 6.57. The van der Waals surface area contributed by atoms with Crippen molar-refractivity contribution in [1.82, 2.24) is 0 Å². The number of carbonyl (C=O) groups excluding carboxylic acids is 1. The monoisotopic (exact) mass is 314 g/mol. The summed E-state index contributed by atoms with van der Waals surface area (Å²) in [6.07, 6.45) is 7.12. The molecule has 124 valence electrons. The molecule has 3 rings (SSSR count). The summed E-state index contributed by atoms with van der Waals surface area (Å²) in [4.78, 5) is 14.6. The molecule has 4 nitrogen and oxygen atoms in total. The zero-order chi connectivity index (χ0) is 16.2. The van der Waals surface area contributed by atoms with Crippen LogP contribution in [0.25, 0.3) is 0 Å². The molecule has 4 heteroatoms. The fourth-order valence-electron chi connectivity index (χ4n) is 3.44. The molecule has 1 atom stereocenters. The van der Waals surface area contributed by atoms with E-state index in [-0.39, 0.29) is 5.91 Å². The van der Waals surface area contributed by atoms with Crippen molar-refractivity contribution in [2.45, 2.75) is 33.1 Å². The fraction of sp³-hybridized carbons (Fsp3) is 0.526. The summed E-state index contributed by atoms with van der Waals surface area (Å²) in [5, 5.41) is 3.12. The largest absolute Gasteiger partial charge is 0.378 e. The third kappa shape index (κ3) is 3.94. The maximum Gasteiger partial charge on any atom is 0.224 e. The summed E-state index contributed by atoms with van der Waals surface area (Å²) in [5.41, 5.74) is 4.44. The molecule has 23 heavy (non-hydrogen) atoms. The first-order valence-electron chi connectivity index (χ1n) is 8.54. The van der Waals surface area contributed by atoms with Gasteiger partial charge < -0.3 is 15.0 Å². The molecule has 1 aromatic carbocycles. The Bertz CT molecular complexity index is 580. The van der Waals surface area contributed by atoms with E-state index in [9.17, 15) is 4.79 Å². The SMILES string of the molecule is Cc1cc(N2CCOCC2)cc(C)c1NC(=O)CC1C=CCC1. The van der Waals surface area contributed by atoms with Crippen molar-refractivity contribution in [2.75, 3.05) is 36.5 Å².